The van der Waals surface area contributed by atoms with Crippen LogP contribution in [0.25, 0.3) is 0 Å². The molecule has 0 unspecified atom stereocenters. The van der Waals surface area contributed by atoms with Crippen LogP contribution >= 0.6 is 0 Å². The van der Waals surface area contributed by atoms with Crippen LogP contribution < -0.4 is 8.92 Å². The van der Waals surface area contributed by atoms with Crippen molar-refractivity contribution in [3.05, 3.63) is 59.2 Å². The van der Waals surface area contributed by atoms with Gasteiger partial charge in [0.2, 0.25) is 0 Å². The number of carboxylic acids is 1. The van der Waals surface area contributed by atoms with Gasteiger partial charge in [0, 0.05) is 0 Å². The monoisotopic (exact) mass is 388 g/mol. The quantitative estimate of drug-likeness (QED) is 0.820. The molecule has 2 nitrogen and oxygen atoms in total. The van der Waals surface area contributed by atoms with Crippen molar-refractivity contribution in [3.63, 3.8) is 0 Å². The summed E-state index contributed by atoms with van der Waals surface area (Å²) in [5.41, 5.74) is 3.75. The molecule has 0 atom stereocenters. The van der Waals surface area contributed by atoms with Crippen LogP contribution in [0.3, 0.4) is 0 Å². The van der Waals surface area contributed by atoms with E-state index in [9.17, 15) is 4.79 Å². The predicted molar refractivity (Wildman–Crippen MR) is 100 cm³/mol. The van der Waals surface area contributed by atoms with Crippen molar-refractivity contribution < 1.29 is 9.90 Å². The molecule has 0 saturated carbocycles. The summed E-state index contributed by atoms with van der Waals surface area (Å²) in [5.74, 6) is -0.860. The minimum absolute atomic E-state index is 0.123. The summed E-state index contributed by atoms with van der Waals surface area (Å²) >= 11 is 0.123. The summed E-state index contributed by atoms with van der Waals surface area (Å²) in [5, 5.41) is 9.17. The number of carbonyl (C=O) groups is 1. The van der Waals surface area contributed by atoms with E-state index in [0.717, 1.165) is 4.46 Å². The molecule has 0 saturated heterocycles. The van der Waals surface area contributed by atoms with Gasteiger partial charge in [0.05, 0.1) is 0 Å². The van der Waals surface area contributed by atoms with Gasteiger partial charge < -0.3 is 0 Å². The zero-order chi connectivity index (χ0) is 17.5. The molecule has 0 aromatic heterocycles. The van der Waals surface area contributed by atoms with E-state index in [1.807, 2.05) is 12.1 Å². The molecule has 0 fully saturated rings. The Morgan fingerprint density at radius 3 is 2.21 bits per heavy atom. The summed E-state index contributed by atoms with van der Waals surface area (Å²) in [7, 11) is 0. The summed E-state index contributed by atoms with van der Waals surface area (Å²) in [6.45, 7) is 9.34. The molecular formula is C21H24O2Se. The average Bonchev–Trinajstić information content (AvgIpc) is 2.52. The third kappa shape index (κ3) is 3.29. The molecule has 24 heavy (non-hydrogen) atoms. The van der Waals surface area contributed by atoms with Gasteiger partial charge in [-0.15, -0.1) is 0 Å². The second-order valence-corrected chi connectivity index (χ2v) is 10.3. The Labute approximate surface area is 150 Å². The van der Waals surface area contributed by atoms with Crippen LogP contribution in [0.15, 0.2) is 42.5 Å². The fourth-order valence-electron chi connectivity index (χ4n) is 3.46. The number of hydrogen-bond acceptors (Lipinski definition) is 1. The van der Waals surface area contributed by atoms with E-state index in [4.69, 9.17) is 5.11 Å². The Balaban J connectivity index is 1.97. The Kier molecular flexibility index (Phi) is 4.36. The molecular weight excluding hydrogens is 363 g/mol. The topological polar surface area (TPSA) is 37.3 Å². The van der Waals surface area contributed by atoms with E-state index in [1.54, 1.807) is 12.1 Å². The van der Waals surface area contributed by atoms with Crippen molar-refractivity contribution in [3.8, 4) is 0 Å². The van der Waals surface area contributed by atoms with Crippen LogP contribution in [0.5, 0.6) is 0 Å². The molecule has 3 rings (SSSR count). The molecule has 1 N–H and O–H groups in total. The Hall–Kier alpha value is -1.57. The first-order valence-corrected chi connectivity index (χ1v) is 10.1. The van der Waals surface area contributed by atoms with E-state index >= 15 is 0 Å². The molecule has 3 heteroatoms. The van der Waals surface area contributed by atoms with Gasteiger partial charge in [0.15, 0.2) is 0 Å². The molecule has 1 aliphatic rings. The molecule has 0 heterocycles. The van der Waals surface area contributed by atoms with E-state index < -0.39 is 5.97 Å². The number of fused-ring (bicyclic) bond motifs is 1. The fraction of sp³-hybridized carbons (Fsp3) is 0.381. The van der Waals surface area contributed by atoms with Crippen LogP contribution in [0.1, 0.15) is 62.0 Å². The van der Waals surface area contributed by atoms with E-state index in [2.05, 4.69) is 45.9 Å². The van der Waals surface area contributed by atoms with Crippen molar-refractivity contribution in [2.75, 3.05) is 0 Å². The zero-order valence-electron chi connectivity index (χ0n) is 14.7. The van der Waals surface area contributed by atoms with Gasteiger partial charge >= 0.3 is 150 Å². The summed E-state index contributed by atoms with van der Waals surface area (Å²) in [4.78, 5) is 11.2. The first kappa shape index (κ1) is 17.3. The van der Waals surface area contributed by atoms with Crippen molar-refractivity contribution >= 4 is 29.8 Å². The summed E-state index contributed by atoms with van der Waals surface area (Å²) < 4.78 is 2.42. The van der Waals surface area contributed by atoms with Gasteiger partial charge in [0.25, 0.3) is 0 Å². The van der Waals surface area contributed by atoms with Crippen LogP contribution in [-0.2, 0) is 10.8 Å². The molecule has 0 aliphatic heterocycles. The minimum atomic E-state index is -0.860. The van der Waals surface area contributed by atoms with Crippen LogP contribution in [-0.4, -0.2) is 26.0 Å². The standard InChI is InChI=1S/C21H24O2Se/c1-20(2)10-11-21(3,4)18-13-16(8-9-17(18)20)24-15-7-5-6-14(12-15)19(22)23/h5-9,12-13H,10-11H2,1-4H3,(H,22,23). The maximum absolute atomic E-state index is 11.2. The molecule has 0 amide bonds. The Morgan fingerprint density at radius 1 is 0.917 bits per heavy atom. The molecule has 0 radical (unpaired) electrons. The second-order valence-electron chi connectivity index (χ2n) is 7.91. The number of rotatable bonds is 3. The SMILES string of the molecule is CC1(C)CCC(C)(C)c2cc([Se]c3cccc(C(=O)O)c3)ccc21. The van der Waals surface area contributed by atoms with E-state index in [1.165, 1.54) is 28.4 Å². The van der Waals surface area contributed by atoms with Crippen LogP contribution in [0.2, 0.25) is 0 Å². The summed E-state index contributed by atoms with van der Waals surface area (Å²) in [6.07, 6.45) is 2.43. The zero-order valence-corrected chi connectivity index (χ0v) is 16.4. The first-order chi connectivity index (χ1) is 11.2. The van der Waals surface area contributed by atoms with Crippen molar-refractivity contribution in [2.24, 2.45) is 0 Å². The molecule has 0 spiro atoms. The summed E-state index contributed by atoms with van der Waals surface area (Å²) in [6, 6.07) is 14.2. The molecule has 2 aromatic carbocycles. The van der Waals surface area contributed by atoms with Crippen LogP contribution in [0, 0.1) is 0 Å². The van der Waals surface area contributed by atoms with Gasteiger partial charge in [0.1, 0.15) is 0 Å². The molecule has 1 aliphatic carbocycles. The number of benzene rings is 2. The van der Waals surface area contributed by atoms with E-state index in [0.29, 0.717) is 5.56 Å². The maximum atomic E-state index is 11.2. The normalized spacial score (nSPS) is 18.0. The fourth-order valence-corrected chi connectivity index (χ4v) is 5.39. The second kappa shape index (κ2) is 6.06. The van der Waals surface area contributed by atoms with E-state index in [-0.39, 0.29) is 25.8 Å². The first-order valence-electron chi connectivity index (χ1n) is 8.35. The Morgan fingerprint density at radius 2 is 1.54 bits per heavy atom. The third-order valence-corrected chi connectivity index (χ3v) is 7.20. The number of hydrogen-bond donors (Lipinski definition) is 1. The third-order valence-electron chi connectivity index (χ3n) is 5.14. The number of carboxylic acid groups (broad SMARTS) is 1. The van der Waals surface area contributed by atoms with Crippen molar-refractivity contribution in [2.45, 2.75) is 51.4 Å². The van der Waals surface area contributed by atoms with Crippen LogP contribution in [0.4, 0.5) is 0 Å². The Bertz CT molecular complexity index is 790. The van der Waals surface area contributed by atoms with Gasteiger partial charge in [-0.2, -0.15) is 0 Å². The van der Waals surface area contributed by atoms with Crippen molar-refractivity contribution in [1.29, 1.82) is 0 Å². The number of aromatic carboxylic acids is 1. The van der Waals surface area contributed by atoms with Gasteiger partial charge in [-0.05, 0) is 0 Å². The predicted octanol–water partition coefficient (Wildman–Crippen LogP) is 3.39. The molecule has 0 bridgehead atoms. The van der Waals surface area contributed by atoms with Gasteiger partial charge in [-0.1, -0.05) is 0 Å². The van der Waals surface area contributed by atoms with Crippen molar-refractivity contribution in [1.82, 2.24) is 0 Å². The van der Waals surface area contributed by atoms with Gasteiger partial charge in [-0.3, -0.25) is 0 Å². The van der Waals surface area contributed by atoms with Gasteiger partial charge in [-0.25, -0.2) is 0 Å². The molecule has 2 aromatic rings. The molecule has 126 valence electrons. The average molecular weight is 387 g/mol.